The van der Waals surface area contributed by atoms with E-state index >= 15 is 0 Å². The number of aromatic amines is 1. The number of aromatic nitrogens is 2. The molecule has 1 heterocycles. The molecule has 0 aromatic carbocycles. The van der Waals surface area contributed by atoms with E-state index in [9.17, 15) is 9.59 Å². The van der Waals surface area contributed by atoms with Crippen LogP contribution in [-0.4, -0.2) is 15.7 Å². The third-order valence-corrected chi connectivity index (χ3v) is 1.57. The Kier molecular flexibility index (Phi) is 2.44. The Balaban J connectivity index is 3.13. The zero-order valence-electron chi connectivity index (χ0n) is 6.83. The van der Waals surface area contributed by atoms with Gasteiger partial charge in [0.2, 0.25) is 5.91 Å². The molecule has 0 unspecified atom stereocenters. The SMILES string of the molecule is CCC(=O)n1[nH]c(=O)cc1CN. The van der Waals surface area contributed by atoms with E-state index in [1.54, 1.807) is 6.92 Å². The molecule has 0 saturated heterocycles. The van der Waals surface area contributed by atoms with E-state index in [1.807, 2.05) is 0 Å². The number of hydrogen-bond donors (Lipinski definition) is 2. The van der Waals surface area contributed by atoms with E-state index in [4.69, 9.17) is 5.73 Å². The van der Waals surface area contributed by atoms with Crippen LogP contribution in [-0.2, 0) is 6.54 Å². The first-order valence-electron chi connectivity index (χ1n) is 3.73. The summed E-state index contributed by atoms with van der Waals surface area (Å²) in [5, 5.41) is 2.38. The fourth-order valence-electron chi connectivity index (χ4n) is 0.961. The topological polar surface area (TPSA) is 80.9 Å². The highest BCUT2D eigenvalue weighted by Crippen LogP contribution is 1.94. The van der Waals surface area contributed by atoms with Crippen LogP contribution in [0.1, 0.15) is 23.8 Å². The average Bonchev–Trinajstić information content (AvgIpc) is 2.45. The monoisotopic (exact) mass is 169 g/mol. The predicted molar refractivity (Wildman–Crippen MR) is 43.9 cm³/mol. The van der Waals surface area contributed by atoms with Crippen LogP contribution < -0.4 is 11.3 Å². The lowest BCUT2D eigenvalue weighted by atomic mass is 10.4. The van der Waals surface area contributed by atoms with E-state index in [0.29, 0.717) is 12.1 Å². The summed E-state index contributed by atoms with van der Waals surface area (Å²) < 4.78 is 1.20. The van der Waals surface area contributed by atoms with Crippen LogP contribution in [0.4, 0.5) is 0 Å². The summed E-state index contributed by atoms with van der Waals surface area (Å²) in [5.41, 5.74) is 5.55. The Bertz CT molecular complexity index is 337. The lowest BCUT2D eigenvalue weighted by Crippen LogP contribution is -2.17. The minimum Gasteiger partial charge on any atom is -0.325 e. The van der Waals surface area contributed by atoms with Crippen LogP contribution in [0.2, 0.25) is 0 Å². The van der Waals surface area contributed by atoms with Crippen LogP contribution in [0.3, 0.4) is 0 Å². The molecule has 66 valence electrons. The molecule has 12 heavy (non-hydrogen) atoms. The van der Waals surface area contributed by atoms with Crippen LogP contribution in [0.25, 0.3) is 0 Å². The van der Waals surface area contributed by atoms with E-state index in [1.165, 1.54) is 10.7 Å². The molecule has 0 aliphatic rings. The first-order valence-corrected chi connectivity index (χ1v) is 3.73. The van der Waals surface area contributed by atoms with Crippen molar-refractivity contribution in [2.75, 3.05) is 0 Å². The number of H-pyrrole nitrogens is 1. The number of rotatable bonds is 2. The summed E-state index contributed by atoms with van der Waals surface area (Å²) in [6, 6.07) is 1.33. The lowest BCUT2D eigenvalue weighted by molar-refractivity contribution is 0.0889. The third kappa shape index (κ3) is 1.45. The molecule has 1 aromatic rings. The highest BCUT2D eigenvalue weighted by molar-refractivity contribution is 5.78. The Morgan fingerprint density at radius 3 is 2.92 bits per heavy atom. The van der Waals surface area contributed by atoms with Crippen LogP contribution in [0.15, 0.2) is 10.9 Å². The van der Waals surface area contributed by atoms with Crippen molar-refractivity contribution in [1.82, 2.24) is 9.78 Å². The maximum Gasteiger partial charge on any atom is 0.264 e. The van der Waals surface area contributed by atoms with Gasteiger partial charge in [-0.2, -0.15) is 0 Å². The molecule has 0 aliphatic heterocycles. The van der Waals surface area contributed by atoms with Crippen LogP contribution in [0.5, 0.6) is 0 Å². The molecular formula is C7H11N3O2. The Morgan fingerprint density at radius 1 is 1.75 bits per heavy atom. The van der Waals surface area contributed by atoms with Gasteiger partial charge in [0.25, 0.3) is 5.56 Å². The second-order valence-electron chi connectivity index (χ2n) is 2.40. The maximum atomic E-state index is 11.1. The Hall–Kier alpha value is -1.36. The molecule has 0 amide bonds. The van der Waals surface area contributed by atoms with Gasteiger partial charge < -0.3 is 5.73 Å². The van der Waals surface area contributed by atoms with Crippen molar-refractivity contribution < 1.29 is 4.79 Å². The standard InChI is InChI=1S/C7H11N3O2/c1-2-7(12)10-5(4-8)3-6(11)9-10/h3H,2,4,8H2,1H3,(H,9,11). The molecule has 5 nitrogen and oxygen atoms in total. The Labute approximate surface area is 69.2 Å². The largest absolute Gasteiger partial charge is 0.325 e. The summed E-state index contributed by atoms with van der Waals surface area (Å²) in [6.45, 7) is 1.91. The van der Waals surface area contributed by atoms with Gasteiger partial charge in [0.1, 0.15) is 0 Å². The number of nitrogens with one attached hydrogen (secondary N) is 1. The third-order valence-electron chi connectivity index (χ3n) is 1.57. The highest BCUT2D eigenvalue weighted by Gasteiger charge is 2.07. The van der Waals surface area contributed by atoms with Crippen molar-refractivity contribution >= 4 is 5.91 Å². The van der Waals surface area contributed by atoms with E-state index in [2.05, 4.69) is 5.10 Å². The van der Waals surface area contributed by atoms with Gasteiger partial charge in [-0.05, 0) is 0 Å². The summed E-state index contributed by atoms with van der Waals surface area (Å²) in [7, 11) is 0. The van der Waals surface area contributed by atoms with Crippen molar-refractivity contribution in [3.8, 4) is 0 Å². The zero-order chi connectivity index (χ0) is 9.14. The van der Waals surface area contributed by atoms with Gasteiger partial charge in [0.05, 0.1) is 5.69 Å². The molecular weight excluding hydrogens is 158 g/mol. The number of carbonyl (C=O) groups is 1. The smallest absolute Gasteiger partial charge is 0.264 e. The van der Waals surface area contributed by atoms with Crippen molar-refractivity contribution in [2.45, 2.75) is 19.9 Å². The van der Waals surface area contributed by atoms with Crippen molar-refractivity contribution in [1.29, 1.82) is 0 Å². The summed E-state index contributed by atoms with van der Waals surface area (Å²) in [5.74, 6) is -0.155. The molecule has 0 bridgehead atoms. The quantitative estimate of drug-likeness (QED) is 0.637. The molecule has 1 aromatic heterocycles. The minimum atomic E-state index is -0.294. The van der Waals surface area contributed by atoms with Gasteiger partial charge in [0, 0.05) is 19.0 Å². The first kappa shape index (κ1) is 8.73. The van der Waals surface area contributed by atoms with E-state index < -0.39 is 0 Å². The van der Waals surface area contributed by atoms with Crippen molar-refractivity contribution in [3.05, 3.63) is 22.1 Å². The number of carbonyl (C=O) groups excluding carboxylic acids is 1. The molecule has 0 saturated carbocycles. The summed E-state index contributed by atoms with van der Waals surface area (Å²) >= 11 is 0. The molecule has 0 aliphatic carbocycles. The van der Waals surface area contributed by atoms with E-state index in [0.717, 1.165) is 0 Å². The van der Waals surface area contributed by atoms with E-state index in [-0.39, 0.29) is 18.0 Å². The first-order chi connectivity index (χ1) is 5.69. The highest BCUT2D eigenvalue weighted by atomic mass is 16.2. The zero-order valence-corrected chi connectivity index (χ0v) is 6.83. The maximum absolute atomic E-state index is 11.1. The van der Waals surface area contributed by atoms with Crippen LogP contribution in [0, 0.1) is 0 Å². The Morgan fingerprint density at radius 2 is 2.42 bits per heavy atom. The fraction of sp³-hybridized carbons (Fsp3) is 0.429. The minimum absolute atomic E-state index is 0.155. The number of nitrogens with zero attached hydrogens (tertiary/aromatic N) is 1. The van der Waals surface area contributed by atoms with Gasteiger partial charge in [0.15, 0.2) is 0 Å². The summed E-state index contributed by atoms with van der Waals surface area (Å²) in [6.07, 6.45) is 0.345. The van der Waals surface area contributed by atoms with Gasteiger partial charge in [-0.1, -0.05) is 6.92 Å². The number of hydrogen-bond acceptors (Lipinski definition) is 3. The predicted octanol–water partition coefficient (Wildman–Crippen LogP) is -0.315. The van der Waals surface area contributed by atoms with Crippen molar-refractivity contribution in [2.24, 2.45) is 5.73 Å². The van der Waals surface area contributed by atoms with Gasteiger partial charge in [-0.15, -0.1) is 0 Å². The molecule has 1 rings (SSSR count). The normalized spacial score (nSPS) is 10.2. The fourth-order valence-corrected chi connectivity index (χ4v) is 0.961. The number of nitrogens with two attached hydrogens (primary N) is 1. The van der Waals surface area contributed by atoms with Gasteiger partial charge in [-0.3, -0.25) is 14.7 Å². The molecule has 0 spiro atoms. The molecule has 0 atom stereocenters. The lowest BCUT2D eigenvalue weighted by Gasteiger charge is -2.01. The second kappa shape index (κ2) is 3.36. The summed E-state index contributed by atoms with van der Waals surface area (Å²) in [4.78, 5) is 21.9. The average molecular weight is 169 g/mol. The molecule has 3 N–H and O–H groups in total. The van der Waals surface area contributed by atoms with Crippen molar-refractivity contribution in [3.63, 3.8) is 0 Å². The second-order valence-corrected chi connectivity index (χ2v) is 2.40. The molecule has 5 heteroatoms. The van der Waals surface area contributed by atoms with Gasteiger partial charge >= 0.3 is 0 Å². The van der Waals surface area contributed by atoms with Gasteiger partial charge in [-0.25, -0.2) is 4.68 Å². The molecule has 0 radical (unpaired) electrons. The molecule has 0 fully saturated rings. The van der Waals surface area contributed by atoms with Crippen LogP contribution >= 0.6 is 0 Å².